The SMILES string of the molecule is CN1CCC[C@@]1(C)c1nc2c(C(N)=O)c(F)ccc2[nH]1. The van der Waals surface area contributed by atoms with Crippen LogP contribution in [0.15, 0.2) is 12.1 Å². The number of carbonyl (C=O) groups excluding carboxylic acids is 1. The molecule has 2 heterocycles. The topological polar surface area (TPSA) is 75.0 Å². The summed E-state index contributed by atoms with van der Waals surface area (Å²) in [4.78, 5) is 21.3. The number of likely N-dealkylation sites (tertiary alicyclic amines) is 1. The van der Waals surface area contributed by atoms with Crippen LogP contribution in [0.4, 0.5) is 4.39 Å². The van der Waals surface area contributed by atoms with E-state index in [0.29, 0.717) is 11.0 Å². The number of imidazole rings is 1. The van der Waals surface area contributed by atoms with Gasteiger partial charge < -0.3 is 10.7 Å². The number of benzene rings is 1. The fourth-order valence-electron chi connectivity index (χ4n) is 2.94. The number of halogens is 1. The summed E-state index contributed by atoms with van der Waals surface area (Å²) < 4.78 is 13.8. The fraction of sp³-hybridized carbons (Fsp3) is 0.429. The van der Waals surface area contributed by atoms with Crippen molar-refractivity contribution in [3.63, 3.8) is 0 Å². The molecule has 1 aliphatic rings. The molecule has 3 rings (SSSR count). The second-order valence-electron chi connectivity index (χ2n) is 5.57. The molecule has 0 aliphatic carbocycles. The van der Waals surface area contributed by atoms with Crippen LogP contribution < -0.4 is 5.73 Å². The Labute approximate surface area is 116 Å². The molecule has 6 heteroatoms. The van der Waals surface area contributed by atoms with Crippen molar-refractivity contribution in [2.75, 3.05) is 13.6 Å². The first-order valence-electron chi connectivity index (χ1n) is 6.63. The monoisotopic (exact) mass is 276 g/mol. The Bertz CT molecular complexity index is 696. The third-order valence-corrected chi connectivity index (χ3v) is 4.36. The maximum atomic E-state index is 13.8. The molecule has 5 nitrogen and oxygen atoms in total. The smallest absolute Gasteiger partial charge is 0.253 e. The molecule has 1 aromatic carbocycles. The Kier molecular flexibility index (Phi) is 2.79. The number of hydrogen-bond acceptors (Lipinski definition) is 3. The lowest BCUT2D eigenvalue weighted by molar-refractivity contribution is 0.0998. The van der Waals surface area contributed by atoms with E-state index in [2.05, 4.69) is 21.8 Å². The lowest BCUT2D eigenvalue weighted by Gasteiger charge is -2.29. The molecular formula is C14H17FN4O. The first kappa shape index (κ1) is 13.1. The standard InChI is InChI=1S/C14H17FN4O/c1-14(6-3-7-19(14)2)13-17-9-5-4-8(15)10(12(16)20)11(9)18-13/h4-5H,3,6-7H2,1-2H3,(H2,16,20)(H,17,18)/t14-/m0/s1. The molecule has 1 aromatic heterocycles. The van der Waals surface area contributed by atoms with Crippen molar-refractivity contribution >= 4 is 16.9 Å². The molecule has 0 spiro atoms. The van der Waals surface area contributed by atoms with Gasteiger partial charge in [0.05, 0.1) is 11.1 Å². The van der Waals surface area contributed by atoms with Crippen molar-refractivity contribution in [3.8, 4) is 0 Å². The predicted octanol–water partition coefficient (Wildman–Crippen LogP) is 1.74. The highest BCUT2D eigenvalue weighted by Gasteiger charge is 2.38. The number of rotatable bonds is 2. The van der Waals surface area contributed by atoms with Crippen LogP contribution in [-0.4, -0.2) is 34.4 Å². The van der Waals surface area contributed by atoms with E-state index < -0.39 is 11.7 Å². The minimum Gasteiger partial charge on any atom is -0.365 e. The maximum Gasteiger partial charge on any atom is 0.253 e. The minimum absolute atomic E-state index is 0.144. The van der Waals surface area contributed by atoms with Crippen LogP contribution >= 0.6 is 0 Å². The molecule has 20 heavy (non-hydrogen) atoms. The Morgan fingerprint density at radius 3 is 2.90 bits per heavy atom. The number of nitrogens with zero attached hydrogens (tertiary/aromatic N) is 2. The molecule has 1 fully saturated rings. The van der Waals surface area contributed by atoms with Gasteiger partial charge in [0.25, 0.3) is 5.91 Å². The average Bonchev–Trinajstić information content (AvgIpc) is 2.94. The summed E-state index contributed by atoms with van der Waals surface area (Å²) in [5.41, 5.74) is 5.85. The number of nitrogens with one attached hydrogen (secondary N) is 1. The second-order valence-corrected chi connectivity index (χ2v) is 5.57. The number of aromatic nitrogens is 2. The highest BCUT2D eigenvalue weighted by Crippen LogP contribution is 2.36. The lowest BCUT2D eigenvalue weighted by Crippen LogP contribution is -2.36. The molecule has 0 saturated carbocycles. The van der Waals surface area contributed by atoms with E-state index in [0.717, 1.165) is 25.2 Å². The van der Waals surface area contributed by atoms with Gasteiger partial charge in [-0.25, -0.2) is 9.37 Å². The number of hydrogen-bond donors (Lipinski definition) is 2. The molecule has 1 saturated heterocycles. The Morgan fingerprint density at radius 1 is 1.55 bits per heavy atom. The van der Waals surface area contributed by atoms with Crippen molar-refractivity contribution in [1.82, 2.24) is 14.9 Å². The molecule has 106 valence electrons. The highest BCUT2D eigenvalue weighted by atomic mass is 19.1. The number of primary amides is 1. The van der Waals surface area contributed by atoms with Gasteiger partial charge in [0, 0.05) is 0 Å². The lowest BCUT2D eigenvalue weighted by atomic mass is 9.98. The van der Waals surface area contributed by atoms with Gasteiger partial charge in [0.2, 0.25) is 0 Å². The predicted molar refractivity (Wildman–Crippen MR) is 73.8 cm³/mol. The normalized spacial score (nSPS) is 23.6. The summed E-state index contributed by atoms with van der Waals surface area (Å²) in [5, 5.41) is 0. The molecule has 0 bridgehead atoms. The van der Waals surface area contributed by atoms with Crippen LogP contribution in [0.1, 0.15) is 35.9 Å². The van der Waals surface area contributed by atoms with E-state index in [1.54, 1.807) is 6.07 Å². The molecule has 1 aliphatic heterocycles. The number of nitrogens with two attached hydrogens (primary N) is 1. The molecule has 0 unspecified atom stereocenters. The van der Waals surface area contributed by atoms with Gasteiger partial charge in [-0.05, 0) is 45.5 Å². The Balaban J connectivity index is 2.21. The summed E-state index contributed by atoms with van der Waals surface area (Å²) in [6.07, 6.45) is 2.05. The zero-order valence-electron chi connectivity index (χ0n) is 11.5. The molecule has 1 amide bonds. The quantitative estimate of drug-likeness (QED) is 0.877. The zero-order chi connectivity index (χ0) is 14.5. The van der Waals surface area contributed by atoms with Crippen molar-refractivity contribution in [2.24, 2.45) is 5.73 Å². The fourth-order valence-corrected chi connectivity index (χ4v) is 2.94. The van der Waals surface area contributed by atoms with Crippen molar-refractivity contribution in [2.45, 2.75) is 25.3 Å². The van der Waals surface area contributed by atoms with E-state index in [1.165, 1.54) is 6.07 Å². The van der Waals surface area contributed by atoms with Crippen LogP contribution in [0, 0.1) is 5.82 Å². The third-order valence-electron chi connectivity index (χ3n) is 4.36. The number of fused-ring (bicyclic) bond motifs is 1. The van der Waals surface area contributed by atoms with Gasteiger partial charge >= 0.3 is 0 Å². The number of aromatic amines is 1. The van der Waals surface area contributed by atoms with Crippen LogP contribution in [0.3, 0.4) is 0 Å². The van der Waals surface area contributed by atoms with Gasteiger partial charge in [-0.15, -0.1) is 0 Å². The molecular weight excluding hydrogens is 259 g/mol. The van der Waals surface area contributed by atoms with Crippen molar-refractivity contribution in [3.05, 3.63) is 29.3 Å². The number of amides is 1. The molecule has 0 radical (unpaired) electrons. The minimum atomic E-state index is -0.795. The summed E-state index contributed by atoms with van der Waals surface area (Å²) in [6.45, 7) is 3.09. The zero-order valence-corrected chi connectivity index (χ0v) is 11.5. The highest BCUT2D eigenvalue weighted by molar-refractivity contribution is 6.04. The van der Waals surface area contributed by atoms with E-state index in [4.69, 9.17) is 5.73 Å². The molecule has 1 atom stereocenters. The second kappa shape index (κ2) is 4.28. The maximum absolute atomic E-state index is 13.8. The third kappa shape index (κ3) is 1.71. The van der Waals surface area contributed by atoms with Crippen LogP contribution in [0.5, 0.6) is 0 Å². The molecule has 2 aromatic rings. The van der Waals surface area contributed by atoms with Gasteiger partial charge in [-0.3, -0.25) is 9.69 Å². The number of H-pyrrole nitrogens is 1. The van der Waals surface area contributed by atoms with Crippen LogP contribution in [-0.2, 0) is 5.54 Å². The summed E-state index contributed by atoms with van der Waals surface area (Å²) in [6, 6.07) is 2.83. The van der Waals surface area contributed by atoms with Gasteiger partial charge in [0.1, 0.15) is 22.7 Å². The van der Waals surface area contributed by atoms with Crippen LogP contribution in [0.25, 0.3) is 11.0 Å². The van der Waals surface area contributed by atoms with Gasteiger partial charge in [-0.2, -0.15) is 0 Å². The summed E-state index contributed by atoms with van der Waals surface area (Å²) in [5.74, 6) is -0.676. The van der Waals surface area contributed by atoms with E-state index in [9.17, 15) is 9.18 Å². The van der Waals surface area contributed by atoms with Crippen molar-refractivity contribution < 1.29 is 9.18 Å². The van der Waals surface area contributed by atoms with Gasteiger partial charge in [-0.1, -0.05) is 0 Å². The molecule has 3 N–H and O–H groups in total. The van der Waals surface area contributed by atoms with Crippen molar-refractivity contribution in [1.29, 1.82) is 0 Å². The average molecular weight is 276 g/mol. The van der Waals surface area contributed by atoms with E-state index in [-0.39, 0.29) is 11.1 Å². The van der Waals surface area contributed by atoms with Gasteiger partial charge in [0.15, 0.2) is 0 Å². The first-order valence-corrected chi connectivity index (χ1v) is 6.63. The summed E-state index contributed by atoms with van der Waals surface area (Å²) in [7, 11) is 2.04. The van der Waals surface area contributed by atoms with E-state index >= 15 is 0 Å². The van der Waals surface area contributed by atoms with E-state index in [1.807, 2.05) is 7.05 Å². The van der Waals surface area contributed by atoms with Crippen LogP contribution in [0.2, 0.25) is 0 Å². The first-order chi connectivity index (χ1) is 9.43. The summed E-state index contributed by atoms with van der Waals surface area (Å²) >= 11 is 0. The Hall–Kier alpha value is -1.95. The Morgan fingerprint density at radius 2 is 2.30 bits per heavy atom. The largest absolute Gasteiger partial charge is 0.365 e. The number of carbonyl (C=O) groups is 1.